The van der Waals surface area contributed by atoms with Crippen molar-refractivity contribution in [1.29, 1.82) is 0 Å². The van der Waals surface area contributed by atoms with Gasteiger partial charge in [0, 0.05) is 108 Å². The van der Waals surface area contributed by atoms with Gasteiger partial charge in [0.25, 0.3) is 0 Å². The minimum absolute atomic E-state index is 0.0541. The first kappa shape index (κ1) is 47.9. The molecular weight excluding hydrogens is 925 g/mol. The van der Waals surface area contributed by atoms with Crippen LogP contribution in [0.15, 0.2) is 108 Å². The van der Waals surface area contributed by atoms with Gasteiger partial charge in [0.15, 0.2) is 0 Å². The van der Waals surface area contributed by atoms with Crippen molar-refractivity contribution >= 4 is 73.8 Å². The largest absolute Gasteiger partial charge is 0.508 e. The molecule has 2 aliphatic heterocycles. The molecule has 0 atom stereocenters. The van der Waals surface area contributed by atoms with Crippen LogP contribution in [-0.2, 0) is 4.74 Å². The van der Waals surface area contributed by atoms with Crippen molar-refractivity contribution in [2.24, 2.45) is 0 Å². The molecule has 18 heteroatoms. The average Bonchev–Trinajstić information content (AvgIpc) is 4.10. The Labute approximate surface area is 414 Å². The van der Waals surface area contributed by atoms with Crippen molar-refractivity contribution in [2.75, 3.05) is 43.4 Å². The highest BCUT2D eigenvalue weighted by Crippen LogP contribution is 2.38. The molecule has 1 amide bonds. The number of anilines is 4. The van der Waals surface area contributed by atoms with Crippen LogP contribution in [0, 0.1) is 0 Å². The Morgan fingerprint density at radius 1 is 0.743 bits per heavy atom. The van der Waals surface area contributed by atoms with Gasteiger partial charge in [0.05, 0.1) is 28.8 Å². The molecule has 0 spiro atoms. The second kappa shape index (κ2) is 22.1. The molecule has 8 aromatic rings. The summed E-state index contributed by atoms with van der Waals surface area (Å²) in [6, 6.07) is 22.6. The number of carbonyl (C=O) groups excluding carboxylic acids is 1. The molecule has 0 radical (unpaired) electrons. The molecule has 0 saturated carbocycles. The molecule has 2 fully saturated rings. The third-order valence-electron chi connectivity index (χ3n) is 11.3. The van der Waals surface area contributed by atoms with Crippen molar-refractivity contribution in [3.63, 3.8) is 0 Å². The van der Waals surface area contributed by atoms with E-state index in [0.717, 1.165) is 92.5 Å². The van der Waals surface area contributed by atoms with Gasteiger partial charge in [-0.2, -0.15) is 0 Å². The monoisotopic (exact) mass is 980 g/mol. The Morgan fingerprint density at radius 2 is 1.30 bits per heavy atom. The van der Waals surface area contributed by atoms with Crippen molar-refractivity contribution in [2.45, 2.75) is 77.6 Å². The normalized spacial score (nSPS) is 14.4. The Morgan fingerprint density at radius 3 is 1.83 bits per heavy atom. The zero-order valence-corrected chi connectivity index (χ0v) is 41.2. The molecule has 0 unspecified atom stereocenters. The van der Waals surface area contributed by atoms with Gasteiger partial charge in [-0.25, -0.2) is 34.7 Å². The number of phenolic OH excluding ortho intramolecular Hbond substituents is 1. The van der Waals surface area contributed by atoms with Crippen LogP contribution in [0.1, 0.15) is 59.8 Å². The second-order valence-electron chi connectivity index (χ2n) is 17.9. The van der Waals surface area contributed by atoms with Crippen LogP contribution in [0.4, 0.5) is 28.1 Å². The number of amides is 1. The molecule has 2 aliphatic rings. The van der Waals surface area contributed by atoms with Crippen molar-refractivity contribution in [1.82, 2.24) is 40.1 Å². The lowest BCUT2D eigenvalue weighted by Crippen LogP contribution is -2.44. The summed E-state index contributed by atoms with van der Waals surface area (Å²) >= 11 is 3.14. The van der Waals surface area contributed by atoms with E-state index in [2.05, 4.69) is 53.9 Å². The predicted molar refractivity (Wildman–Crippen MR) is 276 cm³/mol. The van der Waals surface area contributed by atoms with Gasteiger partial charge in [0.1, 0.15) is 50.8 Å². The van der Waals surface area contributed by atoms with Crippen molar-refractivity contribution in [3.8, 4) is 44.1 Å². The second-order valence-corrected chi connectivity index (χ2v) is 19.7. The first-order valence-electron chi connectivity index (χ1n) is 23.5. The maximum atomic E-state index is 12.4. The maximum absolute atomic E-state index is 12.4. The average molecular weight is 981 g/mol. The number of nitrogens with zero attached hydrogens (tertiary/aromatic N) is 7. The molecule has 0 bridgehead atoms. The smallest absolute Gasteiger partial charge is 0.410 e. The van der Waals surface area contributed by atoms with Gasteiger partial charge in [-0.3, -0.25) is 0 Å². The Bertz CT molecular complexity index is 3010. The highest BCUT2D eigenvalue weighted by molar-refractivity contribution is 7.13. The fraction of sp³-hybridized carbons (Fsp3) is 0.327. The van der Waals surface area contributed by atoms with Gasteiger partial charge < -0.3 is 44.9 Å². The van der Waals surface area contributed by atoms with E-state index in [0.29, 0.717) is 55.9 Å². The maximum Gasteiger partial charge on any atom is 0.410 e. The standard InChI is InChI=1S/C27H29N5O4S.C25H27N5O2S/c1-27(2,3)36-26(34)32-10-7-20(8-11-32)35-23-15-22-17(13-21(23)24-28-9-12-37-24)16-29-25(31-22)30-18-5-4-6-19(33)14-18;1-2-11-31-20-5-3-4-18(14-20)29-25-28-16-17-13-21(24-27-10-12-33-24)23(15-22(17)30-25)32-19-6-8-26-9-7-19/h4-6,9,12-16,20,33H,7-8,10-11H2,1-3H3,(H,29,30,31);3-5,10,12-16,19,26H,2,6-9,11H2,1H3,(H,28,29,30). The lowest BCUT2D eigenvalue weighted by Gasteiger charge is -2.33. The zero-order valence-electron chi connectivity index (χ0n) is 39.6. The molecule has 10 rings (SSSR count). The lowest BCUT2D eigenvalue weighted by molar-refractivity contribution is 0.0127. The summed E-state index contributed by atoms with van der Waals surface area (Å²) in [6.07, 6.45) is 11.4. The molecule has 70 heavy (non-hydrogen) atoms. The summed E-state index contributed by atoms with van der Waals surface area (Å²) in [4.78, 5) is 41.6. The third kappa shape index (κ3) is 12.5. The summed E-state index contributed by atoms with van der Waals surface area (Å²) in [7, 11) is 0. The number of hydrogen-bond donors (Lipinski definition) is 4. The van der Waals surface area contributed by atoms with Gasteiger partial charge in [-0.1, -0.05) is 19.1 Å². The Kier molecular flexibility index (Phi) is 15.1. The third-order valence-corrected chi connectivity index (χ3v) is 12.9. The topological polar surface area (TPSA) is 191 Å². The number of hydrogen-bond acceptors (Lipinski definition) is 17. The van der Waals surface area contributed by atoms with E-state index in [1.54, 1.807) is 46.8 Å². The molecular formula is C52H56N10O6S2. The summed E-state index contributed by atoms with van der Waals surface area (Å²) in [6.45, 7) is 11.5. The molecule has 16 nitrogen and oxygen atoms in total. The number of fused-ring (bicyclic) bond motifs is 2. The number of benzene rings is 4. The fourth-order valence-electron chi connectivity index (χ4n) is 7.96. The number of nitrogens with one attached hydrogen (secondary N) is 3. The lowest BCUT2D eigenvalue weighted by atomic mass is 10.1. The SMILES string of the molecule is CC(C)(C)OC(=O)N1CCC(Oc2cc3nc(Nc4cccc(O)c4)ncc3cc2-c2nccs2)CC1.CCCOc1cccc(Nc2ncc3cc(-c4nccs4)c(OC4CCNCC4)cc3n2)c1. The quantitative estimate of drug-likeness (QED) is 0.0852. The summed E-state index contributed by atoms with van der Waals surface area (Å²) in [5.41, 5.74) is 4.47. The van der Waals surface area contributed by atoms with Gasteiger partial charge in [0.2, 0.25) is 11.9 Å². The molecule has 6 heterocycles. The molecule has 4 aromatic heterocycles. The number of carbonyl (C=O) groups is 1. The number of likely N-dealkylation sites (tertiary alicyclic amines) is 1. The molecule has 4 N–H and O–H groups in total. The zero-order chi connectivity index (χ0) is 48.5. The summed E-state index contributed by atoms with van der Waals surface area (Å²) in [5, 5.41) is 27.1. The molecule has 2 saturated heterocycles. The van der Waals surface area contributed by atoms with Crippen LogP contribution in [0.25, 0.3) is 42.9 Å². The van der Waals surface area contributed by atoms with E-state index < -0.39 is 5.60 Å². The van der Waals surface area contributed by atoms with E-state index in [-0.39, 0.29) is 24.1 Å². The number of piperidine rings is 2. The van der Waals surface area contributed by atoms with Gasteiger partial charge in [-0.05, 0) is 89.5 Å². The number of aromatic nitrogens is 6. The fourth-order valence-corrected chi connectivity index (χ4v) is 9.28. The van der Waals surface area contributed by atoms with Crippen LogP contribution in [-0.4, -0.2) is 96.6 Å². The number of thiazole rings is 2. The number of aromatic hydroxyl groups is 1. The predicted octanol–water partition coefficient (Wildman–Crippen LogP) is 11.4. The van der Waals surface area contributed by atoms with Gasteiger partial charge in [-0.15, -0.1) is 22.7 Å². The highest BCUT2D eigenvalue weighted by atomic mass is 32.1. The molecule has 4 aromatic carbocycles. The van der Waals surface area contributed by atoms with E-state index in [1.807, 2.05) is 92.5 Å². The minimum Gasteiger partial charge on any atom is -0.508 e. The summed E-state index contributed by atoms with van der Waals surface area (Å²) in [5.74, 6) is 3.45. The van der Waals surface area contributed by atoms with Crippen molar-refractivity contribution < 1.29 is 28.8 Å². The van der Waals surface area contributed by atoms with E-state index in [9.17, 15) is 9.90 Å². The number of ether oxygens (including phenoxy) is 4. The molecule has 0 aliphatic carbocycles. The van der Waals surface area contributed by atoms with Crippen LogP contribution in [0.5, 0.6) is 23.0 Å². The van der Waals surface area contributed by atoms with Gasteiger partial charge >= 0.3 is 6.09 Å². The number of phenols is 1. The first-order chi connectivity index (χ1) is 34.0. The van der Waals surface area contributed by atoms with Crippen molar-refractivity contribution in [3.05, 3.63) is 108 Å². The Hall–Kier alpha value is -7.15. The highest BCUT2D eigenvalue weighted by Gasteiger charge is 2.29. The minimum atomic E-state index is -0.519. The van der Waals surface area contributed by atoms with Crippen LogP contribution in [0.3, 0.4) is 0 Å². The molecule has 362 valence electrons. The van der Waals surface area contributed by atoms with E-state index in [1.165, 1.54) is 11.3 Å². The van der Waals surface area contributed by atoms with E-state index >= 15 is 0 Å². The van der Waals surface area contributed by atoms with E-state index in [4.69, 9.17) is 23.9 Å². The Balaban J connectivity index is 0.000000175. The first-order valence-corrected chi connectivity index (χ1v) is 25.3. The van der Waals surface area contributed by atoms with Crippen LogP contribution < -0.4 is 30.2 Å². The number of rotatable bonds is 13. The van der Waals surface area contributed by atoms with Crippen LogP contribution >= 0.6 is 22.7 Å². The van der Waals surface area contributed by atoms with Crippen LogP contribution in [0.2, 0.25) is 0 Å². The summed E-state index contributed by atoms with van der Waals surface area (Å²) < 4.78 is 24.2.